The lowest BCUT2D eigenvalue weighted by Crippen LogP contribution is -2.05. The lowest BCUT2D eigenvalue weighted by Gasteiger charge is -2.05. The highest BCUT2D eigenvalue weighted by Crippen LogP contribution is 2.20. The summed E-state index contributed by atoms with van der Waals surface area (Å²) in [5.41, 5.74) is 1.34. The van der Waals surface area contributed by atoms with Crippen LogP contribution in [0.4, 0.5) is 5.69 Å². The molecule has 92 valence electrons. The summed E-state index contributed by atoms with van der Waals surface area (Å²) in [6, 6.07) is 8.26. The number of anilines is 1. The third kappa shape index (κ3) is 3.19. The summed E-state index contributed by atoms with van der Waals surface area (Å²) in [5.74, 6) is -1.43. The van der Waals surface area contributed by atoms with Gasteiger partial charge < -0.3 is 10.4 Å². The maximum absolute atomic E-state index is 10.8. The van der Waals surface area contributed by atoms with Crippen LogP contribution >= 0.6 is 0 Å². The third-order valence-electron chi connectivity index (χ3n) is 2.34. The largest absolute Gasteiger partial charge is 0.477 e. The van der Waals surface area contributed by atoms with E-state index < -0.39 is 5.97 Å². The fourth-order valence-electron chi connectivity index (χ4n) is 1.44. The molecule has 0 saturated heterocycles. The Morgan fingerprint density at radius 3 is 2.17 bits per heavy atom. The van der Waals surface area contributed by atoms with Crippen LogP contribution < -0.4 is 5.32 Å². The molecule has 0 aromatic heterocycles. The van der Waals surface area contributed by atoms with E-state index in [0.29, 0.717) is 16.8 Å². The van der Waals surface area contributed by atoms with Crippen LogP contribution in [0.2, 0.25) is 0 Å². The molecule has 0 fully saturated rings. The number of allylic oxidation sites excluding steroid dienone is 1. The average Bonchev–Trinajstić information content (AvgIpc) is 2.29. The molecule has 0 aliphatic carbocycles. The number of aliphatic carboxylic acids is 1. The molecule has 0 heterocycles. The Morgan fingerprint density at radius 1 is 1.22 bits per heavy atom. The Balaban J connectivity index is 3.09. The molecule has 0 aliphatic heterocycles. The van der Waals surface area contributed by atoms with Crippen molar-refractivity contribution in [1.29, 1.82) is 5.26 Å². The van der Waals surface area contributed by atoms with E-state index in [9.17, 15) is 9.59 Å². The van der Waals surface area contributed by atoms with Crippen molar-refractivity contribution in [3.63, 3.8) is 0 Å². The van der Waals surface area contributed by atoms with Crippen LogP contribution in [0.3, 0.4) is 0 Å². The molecule has 1 aromatic carbocycles. The zero-order valence-corrected chi connectivity index (χ0v) is 10.0. The van der Waals surface area contributed by atoms with Gasteiger partial charge in [0.05, 0.1) is 0 Å². The van der Waals surface area contributed by atoms with E-state index in [1.54, 1.807) is 37.3 Å². The number of hydrogen-bond acceptors (Lipinski definition) is 3. The summed E-state index contributed by atoms with van der Waals surface area (Å²) in [6.07, 6.45) is 0. The van der Waals surface area contributed by atoms with Crippen molar-refractivity contribution >= 4 is 23.1 Å². The summed E-state index contributed by atoms with van der Waals surface area (Å²) in [7, 11) is 0. The number of amides is 1. The van der Waals surface area contributed by atoms with Crippen molar-refractivity contribution in [2.75, 3.05) is 5.32 Å². The van der Waals surface area contributed by atoms with Crippen LogP contribution in [0.25, 0.3) is 5.57 Å². The van der Waals surface area contributed by atoms with Crippen LogP contribution in [0.15, 0.2) is 29.8 Å². The number of carbonyl (C=O) groups is 2. The molecule has 0 radical (unpaired) electrons. The van der Waals surface area contributed by atoms with E-state index >= 15 is 0 Å². The number of nitriles is 1. The second-order valence-electron chi connectivity index (χ2n) is 3.68. The Morgan fingerprint density at radius 2 is 1.78 bits per heavy atom. The summed E-state index contributed by atoms with van der Waals surface area (Å²) in [6.45, 7) is 2.97. The van der Waals surface area contributed by atoms with Crippen LogP contribution in [0, 0.1) is 11.3 Å². The molecule has 0 unspecified atom stereocenters. The first kappa shape index (κ1) is 13.5. The molecule has 0 spiro atoms. The first-order valence-corrected chi connectivity index (χ1v) is 5.18. The molecule has 0 saturated carbocycles. The zero-order valence-electron chi connectivity index (χ0n) is 10.0. The Kier molecular flexibility index (Phi) is 4.22. The second kappa shape index (κ2) is 5.64. The van der Waals surface area contributed by atoms with Crippen molar-refractivity contribution in [2.24, 2.45) is 0 Å². The molecule has 0 bridgehead atoms. The number of rotatable bonds is 3. The summed E-state index contributed by atoms with van der Waals surface area (Å²) in [5, 5.41) is 20.2. The molecule has 2 N–H and O–H groups in total. The summed E-state index contributed by atoms with van der Waals surface area (Å²) < 4.78 is 0. The van der Waals surface area contributed by atoms with Gasteiger partial charge in [0.15, 0.2) is 0 Å². The second-order valence-corrected chi connectivity index (χ2v) is 3.68. The molecule has 1 rings (SSSR count). The minimum atomic E-state index is -1.25. The molecule has 0 atom stereocenters. The molecular formula is C13H12N2O3. The number of carboxylic acid groups (broad SMARTS) is 1. The molecule has 1 aromatic rings. The van der Waals surface area contributed by atoms with Gasteiger partial charge in [0.25, 0.3) is 0 Å². The first-order chi connectivity index (χ1) is 8.45. The van der Waals surface area contributed by atoms with E-state index in [2.05, 4.69) is 5.32 Å². The highest BCUT2D eigenvalue weighted by Gasteiger charge is 2.11. The Bertz CT molecular complexity index is 551. The highest BCUT2D eigenvalue weighted by atomic mass is 16.4. The third-order valence-corrected chi connectivity index (χ3v) is 2.34. The molecule has 5 nitrogen and oxygen atoms in total. The lowest BCUT2D eigenvalue weighted by atomic mass is 10.0. The van der Waals surface area contributed by atoms with Gasteiger partial charge in [-0.15, -0.1) is 0 Å². The number of nitrogens with zero attached hydrogens (tertiary/aromatic N) is 1. The maximum atomic E-state index is 10.8. The summed E-state index contributed by atoms with van der Waals surface area (Å²) in [4.78, 5) is 21.7. The van der Waals surface area contributed by atoms with Crippen molar-refractivity contribution in [1.82, 2.24) is 0 Å². The van der Waals surface area contributed by atoms with Crippen LogP contribution in [0.1, 0.15) is 19.4 Å². The smallest absolute Gasteiger partial charge is 0.346 e. The number of carbonyl (C=O) groups excluding carboxylic acids is 1. The minimum Gasteiger partial charge on any atom is -0.477 e. The van der Waals surface area contributed by atoms with Gasteiger partial charge >= 0.3 is 5.97 Å². The van der Waals surface area contributed by atoms with E-state index in [4.69, 9.17) is 10.4 Å². The minimum absolute atomic E-state index is 0.182. The number of hydrogen-bond donors (Lipinski definition) is 2. The Hall–Kier alpha value is -2.61. The van der Waals surface area contributed by atoms with E-state index in [1.165, 1.54) is 6.92 Å². The van der Waals surface area contributed by atoms with Gasteiger partial charge in [0.2, 0.25) is 5.91 Å². The van der Waals surface area contributed by atoms with Gasteiger partial charge in [-0.1, -0.05) is 12.1 Å². The topological polar surface area (TPSA) is 90.2 Å². The lowest BCUT2D eigenvalue weighted by molar-refractivity contribution is -0.132. The molecule has 5 heteroatoms. The van der Waals surface area contributed by atoms with Gasteiger partial charge in [-0.2, -0.15) is 5.26 Å². The predicted molar refractivity (Wildman–Crippen MR) is 66.6 cm³/mol. The quantitative estimate of drug-likeness (QED) is 0.628. The number of benzene rings is 1. The SMILES string of the molecule is CC(=O)Nc1ccc(C(C)=C(C#N)C(=O)O)cc1. The molecular weight excluding hydrogens is 232 g/mol. The maximum Gasteiger partial charge on any atom is 0.346 e. The fourth-order valence-corrected chi connectivity index (χ4v) is 1.44. The van der Waals surface area contributed by atoms with Crippen molar-refractivity contribution in [3.05, 3.63) is 35.4 Å². The standard InChI is InChI=1S/C13H12N2O3/c1-8(12(7-14)13(17)18)10-3-5-11(6-4-10)15-9(2)16/h3-6H,1-2H3,(H,15,16)(H,17,18). The van der Waals surface area contributed by atoms with Crippen LogP contribution in [-0.2, 0) is 9.59 Å². The highest BCUT2D eigenvalue weighted by molar-refractivity contribution is 6.00. The monoisotopic (exact) mass is 244 g/mol. The van der Waals surface area contributed by atoms with Crippen molar-refractivity contribution in [2.45, 2.75) is 13.8 Å². The normalized spacial score (nSPS) is 11.2. The zero-order chi connectivity index (χ0) is 13.7. The molecule has 1 amide bonds. The summed E-state index contributed by atoms with van der Waals surface area (Å²) >= 11 is 0. The number of carboxylic acids is 1. The van der Waals surface area contributed by atoms with Gasteiger partial charge in [-0.3, -0.25) is 4.79 Å². The Labute approximate surface area is 104 Å². The fraction of sp³-hybridized carbons (Fsp3) is 0.154. The predicted octanol–water partition coefficient (Wildman–Crippen LogP) is 2.03. The molecule has 18 heavy (non-hydrogen) atoms. The van der Waals surface area contributed by atoms with Gasteiger partial charge in [0, 0.05) is 12.6 Å². The van der Waals surface area contributed by atoms with Crippen LogP contribution in [0.5, 0.6) is 0 Å². The van der Waals surface area contributed by atoms with Gasteiger partial charge in [0.1, 0.15) is 11.6 Å². The van der Waals surface area contributed by atoms with E-state index in [-0.39, 0.29) is 11.5 Å². The average molecular weight is 244 g/mol. The van der Waals surface area contributed by atoms with E-state index in [1.807, 2.05) is 0 Å². The van der Waals surface area contributed by atoms with Gasteiger partial charge in [-0.05, 0) is 30.2 Å². The van der Waals surface area contributed by atoms with Crippen molar-refractivity contribution in [3.8, 4) is 6.07 Å². The first-order valence-electron chi connectivity index (χ1n) is 5.18. The van der Waals surface area contributed by atoms with Gasteiger partial charge in [-0.25, -0.2) is 4.79 Å². The number of nitrogens with one attached hydrogen (secondary N) is 1. The van der Waals surface area contributed by atoms with Crippen LogP contribution in [-0.4, -0.2) is 17.0 Å². The van der Waals surface area contributed by atoms with Crippen molar-refractivity contribution < 1.29 is 14.7 Å². The van der Waals surface area contributed by atoms with E-state index in [0.717, 1.165) is 0 Å². The molecule has 0 aliphatic rings.